The lowest BCUT2D eigenvalue weighted by molar-refractivity contribution is -0.116. The number of hydrogen-bond acceptors (Lipinski definition) is 5. The lowest BCUT2D eigenvalue weighted by Gasteiger charge is -2.27. The zero-order valence-corrected chi connectivity index (χ0v) is 17.8. The fourth-order valence-corrected chi connectivity index (χ4v) is 4.29. The van der Waals surface area contributed by atoms with Crippen LogP contribution < -0.4 is 14.9 Å². The fourth-order valence-electron chi connectivity index (χ4n) is 2.99. The first kappa shape index (κ1) is 20.8. The number of piperidine rings is 1. The Kier molecular flexibility index (Phi) is 7.03. The molecule has 0 unspecified atom stereocenters. The highest BCUT2D eigenvalue weighted by molar-refractivity contribution is 9.10. The third-order valence-electron chi connectivity index (χ3n) is 4.48. The van der Waals surface area contributed by atoms with Gasteiger partial charge in [0.25, 0.3) is 0 Å². The van der Waals surface area contributed by atoms with E-state index in [1.54, 1.807) is 18.3 Å². The highest BCUT2D eigenvalue weighted by Crippen LogP contribution is 2.19. The monoisotopic (exact) mass is 466 g/mol. The number of sulfonamides is 1. The van der Waals surface area contributed by atoms with Crippen molar-refractivity contribution in [1.82, 2.24) is 9.71 Å². The summed E-state index contributed by atoms with van der Waals surface area (Å²) in [6.45, 7) is 2.04. The number of rotatable bonds is 7. The number of carbonyl (C=O) groups is 1. The summed E-state index contributed by atoms with van der Waals surface area (Å²) in [4.78, 5) is 18.9. The van der Waals surface area contributed by atoms with E-state index >= 15 is 0 Å². The summed E-state index contributed by atoms with van der Waals surface area (Å²) >= 11 is 3.27. The van der Waals surface area contributed by atoms with Crippen LogP contribution >= 0.6 is 15.9 Å². The van der Waals surface area contributed by atoms with Gasteiger partial charge in [-0.1, -0.05) is 15.9 Å². The number of carbonyl (C=O) groups excluding carboxylic acids is 1. The molecule has 1 saturated heterocycles. The maximum atomic E-state index is 12.2. The molecular formula is C19H23BrN4O3S. The molecule has 0 atom stereocenters. The normalized spacial score (nSPS) is 14.7. The molecule has 1 aliphatic rings. The van der Waals surface area contributed by atoms with Crippen molar-refractivity contribution < 1.29 is 13.2 Å². The molecule has 1 aromatic heterocycles. The summed E-state index contributed by atoms with van der Waals surface area (Å²) in [6, 6.07) is 10.0. The third-order valence-corrected chi connectivity index (χ3v) is 6.49. The summed E-state index contributed by atoms with van der Waals surface area (Å²) in [5.41, 5.74) is 0.599. The minimum Gasteiger partial charge on any atom is -0.357 e. The lowest BCUT2D eigenvalue weighted by atomic mass is 10.1. The highest BCUT2D eigenvalue weighted by atomic mass is 79.9. The molecule has 1 aromatic carbocycles. The molecule has 2 N–H and O–H groups in total. The van der Waals surface area contributed by atoms with Gasteiger partial charge in [-0.05, 0) is 55.7 Å². The van der Waals surface area contributed by atoms with Crippen molar-refractivity contribution in [2.24, 2.45) is 0 Å². The standard InChI is InChI=1S/C19H23BrN4O3S/c20-15-4-7-17(8-5-15)28(26,27)22-11-10-19(25)23-16-6-9-18(21-14-16)24-12-2-1-3-13-24/h4-9,14,22H,1-3,10-13H2,(H,23,25). The summed E-state index contributed by atoms with van der Waals surface area (Å²) in [5, 5.41) is 2.74. The Morgan fingerprint density at radius 1 is 1.07 bits per heavy atom. The number of aromatic nitrogens is 1. The number of amides is 1. The van der Waals surface area contributed by atoms with Gasteiger partial charge in [-0.2, -0.15) is 0 Å². The van der Waals surface area contributed by atoms with Crippen molar-refractivity contribution in [2.75, 3.05) is 29.9 Å². The first-order valence-corrected chi connectivity index (χ1v) is 11.5. The minimum atomic E-state index is -3.63. The molecule has 0 saturated carbocycles. The van der Waals surface area contributed by atoms with Crippen molar-refractivity contribution in [3.05, 3.63) is 47.1 Å². The van der Waals surface area contributed by atoms with E-state index < -0.39 is 10.0 Å². The molecule has 1 amide bonds. The van der Waals surface area contributed by atoms with E-state index in [0.29, 0.717) is 5.69 Å². The lowest BCUT2D eigenvalue weighted by Crippen LogP contribution is -2.30. The molecule has 2 aromatic rings. The Labute approximate surface area is 173 Å². The van der Waals surface area contributed by atoms with Gasteiger partial charge < -0.3 is 10.2 Å². The summed E-state index contributed by atoms with van der Waals surface area (Å²) < 4.78 is 27.6. The minimum absolute atomic E-state index is 0.0174. The topological polar surface area (TPSA) is 91.4 Å². The number of pyridine rings is 1. The van der Waals surface area contributed by atoms with Crippen LogP contribution in [0.25, 0.3) is 0 Å². The molecule has 7 nitrogen and oxygen atoms in total. The Bertz CT molecular complexity index is 896. The summed E-state index contributed by atoms with van der Waals surface area (Å²) in [6.07, 6.45) is 5.28. The van der Waals surface area contributed by atoms with Crippen LogP contribution in [0.1, 0.15) is 25.7 Å². The smallest absolute Gasteiger partial charge is 0.240 e. The van der Waals surface area contributed by atoms with Crippen LogP contribution in [0, 0.1) is 0 Å². The van der Waals surface area contributed by atoms with Crippen molar-refractivity contribution >= 4 is 43.4 Å². The predicted molar refractivity (Wildman–Crippen MR) is 113 cm³/mol. The van der Waals surface area contributed by atoms with E-state index in [1.165, 1.54) is 31.4 Å². The Hall–Kier alpha value is -1.97. The van der Waals surface area contributed by atoms with Gasteiger partial charge in [-0.25, -0.2) is 18.1 Å². The van der Waals surface area contributed by atoms with Gasteiger partial charge >= 0.3 is 0 Å². The zero-order chi connectivity index (χ0) is 20.0. The van der Waals surface area contributed by atoms with Crippen LogP contribution in [-0.4, -0.2) is 38.9 Å². The van der Waals surface area contributed by atoms with Crippen molar-refractivity contribution in [3.8, 4) is 0 Å². The van der Waals surface area contributed by atoms with Crippen LogP contribution in [0.15, 0.2) is 52.0 Å². The van der Waals surface area contributed by atoms with E-state index in [-0.39, 0.29) is 23.8 Å². The fraction of sp³-hybridized carbons (Fsp3) is 0.368. The van der Waals surface area contributed by atoms with Gasteiger partial charge in [0.2, 0.25) is 15.9 Å². The van der Waals surface area contributed by atoms with Gasteiger partial charge in [-0.3, -0.25) is 4.79 Å². The molecule has 0 radical (unpaired) electrons. The maximum absolute atomic E-state index is 12.2. The largest absolute Gasteiger partial charge is 0.357 e. The number of benzene rings is 1. The van der Waals surface area contributed by atoms with E-state index in [4.69, 9.17) is 0 Å². The first-order valence-electron chi connectivity index (χ1n) is 9.20. The van der Waals surface area contributed by atoms with E-state index in [0.717, 1.165) is 23.4 Å². The zero-order valence-electron chi connectivity index (χ0n) is 15.4. The van der Waals surface area contributed by atoms with Crippen LogP contribution in [0.3, 0.4) is 0 Å². The molecule has 2 heterocycles. The van der Waals surface area contributed by atoms with Crippen molar-refractivity contribution in [2.45, 2.75) is 30.6 Å². The van der Waals surface area contributed by atoms with Gasteiger partial charge in [0.1, 0.15) is 5.82 Å². The molecule has 0 spiro atoms. The van der Waals surface area contributed by atoms with Crippen LogP contribution in [0.2, 0.25) is 0 Å². The Morgan fingerprint density at radius 2 is 1.79 bits per heavy atom. The quantitative estimate of drug-likeness (QED) is 0.653. The molecule has 28 heavy (non-hydrogen) atoms. The van der Waals surface area contributed by atoms with E-state index in [1.807, 2.05) is 12.1 Å². The maximum Gasteiger partial charge on any atom is 0.240 e. The summed E-state index contributed by atoms with van der Waals surface area (Å²) in [7, 11) is -3.63. The van der Waals surface area contributed by atoms with Crippen molar-refractivity contribution in [1.29, 1.82) is 0 Å². The van der Waals surface area contributed by atoms with Crippen LogP contribution in [0.4, 0.5) is 11.5 Å². The second-order valence-corrected chi connectivity index (χ2v) is 9.29. The summed E-state index contributed by atoms with van der Waals surface area (Å²) in [5.74, 6) is 0.644. The second-order valence-electron chi connectivity index (χ2n) is 6.60. The average molecular weight is 467 g/mol. The predicted octanol–water partition coefficient (Wildman–Crippen LogP) is 3.14. The first-order chi connectivity index (χ1) is 13.4. The molecule has 0 aliphatic carbocycles. The van der Waals surface area contributed by atoms with Gasteiger partial charge in [0.15, 0.2) is 0 Å². The molecule has 0 bridgehead atoms. The second kappa shape index (κ2) is 9.49. The number of hydrogen-bond donors (Lipinski definition) is 2. The molecule has 3 rings (SSSR count). The van der Waals surface area contributed by atoms with Crippen LogP contribution in [-0.2, 0) is 14.8 Å². The van der Waals surface area contributed by atoms with Gasteiger partial charge in [-0.15, -0.1) is 0 Å². The van der Waals surface area contributed by atoms with Gasteiger partial charge in [0, 0.05) is 30.5 Å². The molecule has 1 fully saturated rings. The molecule has 150 valence electrons. The van der Waals surface area contributed by atoms with Crippen molar-refractivity contribution in [3.63, 3.8) is 0 Å². The third kappa shape index (κ3) is 5.76. The Morgan fingerprint density at radius 3 is 2.43 bits per heavy atom. The van der Waals surface area contributed by atoms with E-state index in [2.05, 4.69) is 35.9 Å². The molecule has 1 aliphatic heterocycles. The average Bonchev–Trinajstić information content (AvgIpc) is 2.69. The highest BCUT2D eigenvalue weighted by Gasteiger charge is 2.15. The number of nitrogens with one attached hydrogen (secondary N) is 2. The van der Waals surface area contributed by atoms with E-state index in [9.17, 15) is 13.2 Å². The molecular weight excluding hydrogens is 444 g/mol. The molecule has 9 heteroatoms. The number of nitrogens with zero attached hydrogens (tertiary/aromatic N) is 2. The number of halogens is 1. The SMILES string of the molecule is O=C(CCNS(=O)(=O)c1ccc(Br)cc1)Nc1ccc(N2CCCCC2)nc1. The van der Waals surface area contributed by atoms with Gasteiger partial charge in [0.05, 0.1) is 16.8 Å². The number of anilines is 2. The van der Waals surface area contributed by atoms with Crippen LogP contribution in [0.5, 0.6) is 0 Å². The Balaban J connectivity index is 1.47.